The van der Waals surface area contributed by atoms with Crippen molar-refractivity contribution in [2.24, 2.45) is 94.7 Å². The molecule has 14 unspecified atom stereocenters. The fourth-order valence-corrected chi connectivity index (χ4v) is 22.5. The first-order chi connectivity index (χ1) is 54.5. The quantitative estimate of drug-likeness (QED) is 0.0282. The second-order valence-electron chi connectivity index (χ2n) is 35.0. The number of halogens is 6. The van der Waals surface area contributed by atoms with E-state index in [-0.39, 0.29) is 71.2 Å². The molecule has 27 heteroatoms. The zero-order chi connectivity index (χ0) is 80.9. The minimum atomic E-state index is -4.31. The summed E-state index contributed by atoms with van der Waals surface area (Å²) in [6.07, 6.45) is 20.2. The Morgan fingerprint density at radius 3 is 0.991 bits per heavy atom. The number of hydrogen-bond donors (Lipinski definition) is 0. The molecule has 0 amide bonds. The van der Waals surface area contributed by atoms with Crippen LogP contribution in [0.15, 0.2) is 72.8 Å². The lowest BCUT2D eigenvalue weighted by molar-refractivity contribution is -0.338. The minimum Gasteiger partial charge on any atom is -0.544 e. The highest BCUT2D eigenvalue weighted by molar-refractivity contribution is 5.95. The molecule has 13 aliphatic carbocycles. The molecule has 624 valence electrons. The zero-order valence-electron chi connectivity index (χ0n) is 64.7. The Kier molecular flexibility index (Phi) is 27.0. The third-order valence-electron chi connectivity index (χ3n) is 27.8. The normalized spacial score (nSPS) is 29.9. The van der Waals surface area contributed by atoms with Crippen LogP contribution in [-0.2, 0) is 57.0 Å². The van der Waals surface area contributed by atoms with Crippen LogP contribution < -0.4 is 15.3 Å². The summed E-state index contributed by atoms with van der Waals surface area (Å²) in [4.78, 5) is 109. The van der Waals surface area contributed by atoms with Crippen LogP contribution in [0.2, 0.25) is 0 Å². The van der Waals surface area contributed by atoms with Crippen LogP contribution in [0.25, 0.3) is 0 Å². The van der Waals surface area contributed by atoms with E-state index >= 15 is 0 Å². The van der Waals surface area contributed by atoms with Gasteiger partial charge in [-0.3, -0.25) is 0 Å². The number of carboxylic acid groups (broad SMARTS) is 3. The fourth-order valence-electron chi connectivity index (χ4n) is 22.5. The van der Waals surface area contributed by atoms with E-state index < -0.39 is 114 Å². The maximum absolute atomic E-state index is 14.5. The number of aliphatic carboxylic acids is 3. The van der Waals surface area contributed by atoms with Gasteiger partial charge in [-0.25, -0.2) is 28.8 Å². The Balaban J connectivity index is 0.000000149. The molecule has 21 nitrogen and oxygen atoms in total. The zero-order valence-corrected chi connectivity index (χ0v) is 64.7. The number of ether oxygens (including phenoxy) is 9. The average Bonchev–Trinajstić information content (AvgIpc) is 1.54. The van der Waals surface area contributed by atoms with E-state index in [1.165, 1.54) is 156 Å². The summed E-state index contributed by atoms with van der Waals surface area (Å²) in [5, 5.41) is 33.3. The maximum Gasteiger partial charge on any atom is 0.340 e. The largest absolute Gasteiger partial charge is 0.544 e. The van der Waals surface area contributed by atoms with Crippen LogP contribution >= 0.6 is 0 Å². The molecular weight excluding hydrogens is 1490 g/mol. The molecule has 0 heterocycles. The first kappa shape index (κ1) is 84.3. The number of carboxylic acids is 3. The summed E-state index contributed by atoms with van der Waals surface area (Å²) < 4.78 is 136. The summed E-state index contributed by atoms with van der Waals surface area (Å²) in [6, 6.07) is 15.7. The molecule has 0 aromatic heterocycles. The van der Waals surface area contributed by atoms with Crippen LogP contribution in [0, 0.1) is 94.7 Å². The van der Waals surface area contributed by atoms with E-state index in [2.05, 4.69) is 0 Å². The van der Waals surface area contributed by atoms with Crippen molar-refractivity contribution < 1.29 is 127 Å². The van der Waals surface area contributed by atoms with Gasteiger partial charge in [0.1, 0.15) is 17.9 Å². The molecule has 0 N–H and O–H groups in total. The van der Waals surface area contributed by atoms with Crippen molar-refractivity contribution in [3.63, 3.8) is 0 Å². The Morgan fingerprint density at radius 1 is 0.342 bits per heavy atom. The predicted octanol–water partition coefficient (Wildman–Crippen LogP) is 13.4. The van der Waals surface area contributed by atoms with E-state index in [1.54, 1.807) is 0 Å². The predicted molar refractivity (Wildman–Crippen MR) is 387 cm³/mol. The Hall–Kier alpha value is -7.65. The summed E-state index contributed by atoms with van der Waals surface area (Å²) >= 11 is 0. The second-order valence-corrected chi connectivity index (χ2v) is 35.0. The molecule has 16 rings (SSSR count). The highest BCUT2D eigenvalue weighted by Gasteiger charge is 2.58. The maximum atomic E-state index is 14.5. The van der Waals surface area contributed by atoms with Gasteiger partial charge in [-0.2, -0.15) is 26.3 Å². The SMILES string of the molecule is CC(C)C(OC(=O)c1ccc(C(=O)OC(C2CCCCC2)C(F)(F)C(=O)[O-])cc1)OC1CC2CC1C1CCCC21.O=C(OCOC1C2CC3CC(C2)CC1C3)c1ccc(C(=O)OC(C2CCCCC2)C(F)(F)C(=O)[O-])cc1.O=C(OCOC1CC2CC1C1CCCC21)c1ccc(C(=O)OC(C2CCCCC2)C(F)(F)C(=O)[O-])cc1. The number of carbonyl (C=O) groups excluding carboxylic acids is 9. The molecule has 0 saturated heterocycles. The summed E-state index contributed by atoms with van der Waals surface area (Å²) in [6.45, 7) is 3.59. The first-order valence-corrected chi connectivity index (χ1v) is 41.7. The van der Waals surface area contributed by atoms with E-state index in [4.69, 9.17) is 42.6 Å². The molecule has 13 fully saturated rings. The third-order valence-corrected chi connectivity index (χ3v) is 27.8. The van der Waals surface area contributed by atoms with Gasteiger partial charge in [0.05, 0.1) is 51.7 Å². The Bertz CT molecular complexity index is 3840. The third kappa shape index (κ3) is 19.0. The number of carbonyl (C=O) groups is 9. The molecule has 3 aromatic carbocycles. The van der Waals surface area contributed by atoms with E-state index in [0.717, 1.165) is 73.5 Å². The average molecular weight is 1600 g/mol. The lowest BCUT2D eigenvalue weighted by Crippen LogP contribution is -2.54. The Labute approximate surface area is 660 Å². The van der Waals surface area contributed by atoms with Gasteiger partial charge in [0.15, 0.2) is 31.9 Å². The van der Waals surface area contributed by atoms with E-state index in [0.29, 0.717) is 107 Å². The number of esters is 6. The molecule has 3 aromatic rings. The van der Waals surface area contributed by atoms with Crippen LogP contribution in [0.3, 0.4) is 0 Å². The number of rotatable bonds is 28. The van der Waals surface area contributed by atoms with Gasteiger partial charge in [-0.15, -0.1) is 0 Å². The van der Waals surface area contributed by atoms with Gasteiger partial charge >= 0.3 is 53.6 Å². The van der Waals surface area contributed by atoms with Gasteiger partial charge < -0.3 is 72.3 Å². The number of hydrogen-bond acceptors (Lipinski definition) is 21. The highest BCUT2D eigenvalue weighted by Crippen LogP contribution is 2.61. The second kappa shape index (κ2) is 36.5. The van der Waals surface area contributed by atoms with Crippen LogP contribution in [0.1, 0.15) is 269 Å². The number of benzene rings is 3. The van der Waals surface area contributed by atoms with Gasteiger partial charge in [-0.05, 0) is 266 Å². The van der Waals surface area contributed by atoms with Crippen molar-refractivity contribution in [1.82, 2.24) is 0 Å². The van der Waals surface area contributed by atoms with Crippen molar-refractivity contribution in [3.8, 4) is 0 Å². The van der Waals surface area contributed by atoms with Crippen LogP contribution in [0.5, 0.6) is 0 Å². The van der Waals surface area contributed by atoms with Crippen molar-refractivity contribution in [1.29, 1.82) is 0 Å². The lowest BCUT2D eigenvalue weighted by Gasteiger charge is -2.53. The number of fused-ring (bicyclic) bond motifs is 10. The van der Waals surface area contributed by atoms with Crippen molar-refractivity contribution in [2.75, 3.05) is 13.6 Å². The topological polar surface area (TPSA) is 306 Å². The monoisotopic (exact) mass is 1600 g/mol. The molecular formula is C87H105F6O21-3. The fraction of sp³-hybridized carbons (Fsp3) is 0.690. The van der Waals surface area contributed by atoms with Crippen molar-refractivity contribution >= 4 is 53.7 Å². The molecule has 0 radical (unpaired) electrons. The van der Waals surface area contributed by atoms with Crippen molar-refractivity contribution in [3.05, 3.63) is 106 Å². The van der Waals surface area contributed by atoms with E-state index in [1.807, 2.05) is 13.8 Å². The molecule has 14 atom stereocenters. The Morgan fingerprint density at radius 2 is 0.649 bits per heavy atom. The molecule has 13 aliphatic rings. The van der Waals surface area contributed by atoms with Crippen LogP contribution in [0.4, 0.5) is 26.3 Å². The van der Waals surface area contributed by atoms with Gasteiger partial charge in [-0.1, -0.05) is 84.5 Å². The molecule has 13 saturated carbocycles. The molecule has 8 bridgehead atoms. The van der Waals surface area contributed by atoms with Gasteiger partial charge in [0.25, 0.3) is 0 Å². The van der Waals surface area contributed by atoms with E-state index in [9.17, 15) is 84.8 Å². The minimum absolute atomic E-state index is 0.0567. The van der Waals surface area contributed by atoms with Gasteiger partial charge in [0.2, 0.25) is 6.29 Å². The molecule has 0 aliphatic heterocycles. The number of alkyl halides is 6. The lowest BCUT2D eigenvalue weighted by atomic mass is 9.55. The standard InChI is InChI=1S/C31H40F2O7.2C28H34F2O7/c1-17(2)29(38-25-16-21-15-24(25)23-10-6-9-22(21)23)40-28(35)20-13-11-19(12-14-20)27(34)39-26(31(32,33)30(36)37)18-7-4-3-5-8-18;29-28(30,27(33)34)24(16-5-2-1-3-6-16)37-26(32)18-11-9-17(10-12-18)25(31)36-15-35-23-14-19-13-22(23)21-8-4-7-20(19)21;29-28(30,27(33)34)24(18-4-2-1-3-5-18)37-26(32)20-8-6-19(7-9-20)25(31)36-15-35-23-21-11-16-10-17(13-21)14-22(23)12-16/h11-14,17-18,21-26,29H,3-10,15-16H2,1-2H3,(H,36,37);9-12,16,19-24H,1-8,13-15H2,(H,33,34);6-9,16-18,21-24H,1-5,10-15H2,(H,33,34)/p-3. The first-order valence-electron chi connectivity index (χ1n) is 41.7. The van der Waals surface area contributed by atoms with Gasteiger partial charge in [0, 0.05) is 23.7 Å². The summed E-state index contributed by atoms with van der Waals surface area (Å²) in [5.74, 6) is -19.7. The molecule has 0 spiro atoms. The smallest absolute Gasteiger partial charge is 0.340 e. The van der Waals surface area contributed by atoms with Crippen molar-refractivity contribution in [2.45, 2.75) is 267 Å². The highest BCUT2D eigenvalue weighted by atomic mass is 19.3. The summed E-state index contributed by atoms with van der Waals surface area (Å²) in [5.41, 5.74) is 0.309. The molecule has 114 heavy (non-hydrogen) atoms. The van der Waals surface area contributed by atoms with Crippen LogP contribution in [-0.4, -0.2) is 128 Å². The summed E-state index contributed by atoms with van der Waals surface area (Å²) in [7, 11) is 0.